The van der Waals surface area contributed by atoms with Crippen LogP contribution in [0.1, 0.15) is 31.1 Å². The molecule has 0 saturated heterocycles. The van der Waals surface area contributed by atoms with Crippen LogP contribution in [0, 0.1) is 0 Å². The molecule has 0 amide bonds. The van der Waals surface area contributed by atoms with Crippen molar-refractivity contribution < 1.29 is 14.3 Å². The minimum Gasteiger partial charge on any atom is -0.399 e. The molecule has 102 valence electrons. The number of carbonyl (C=O) groups excluding carboxylic acids is 1. The molecule has 0 fully saturated rings. The molecular weight excluding hydrogens is 254 g/mol. The average Bonchev–Trinajstić information content (AvgIpc) is 2.34. The molecule has 0 radical (unpaired) electrons. The van der Waals surface area contributed by atoms with Crippen molar-refractivity contribution in [3.63, 3.8) is 0 Å². The highest BCUT2D eigenvalue weighted by Crippen LogP contribution is 2.16. The van der Waals surface area contributed by atoms with Gasteiger partial charge in [-0.3, -0.25) is 4.79 Å². The third kappa shape index (κ3) is 7.27. The van der Waals surface area contributed by atoms with E-state index in [0.29, 0.717) is 22.6 Å². The summed E-state index contributed by atoms with van der Waals surface area (Å²) in [6, 6.07) is 4.78. The number of aldehydes is 1. The average molecular weight is 274 g/mol. The van der Waals surface area contributed by atoms with E-state index in [0.717, 1.165) is 13.2 Å². The Hall–Kier alpha value is -1.10. The molecular formula is C13H20ClNO3. The number of ether oxygens (including phenoxy) is 2. The molecule has 1 aromatic rings. The van der Waals surface area contributed by atoms with Crippen LogP contribution in [-0.4, -0.2) is 25.8 Å². The lowest BCUT2D eigenvalue weighted by molar-refractivity contribution is -0.123. The summed E-state index contributed by atoms with van der Waals surface area (Å²) in [4.78, 5) is 10.2. The third-order valence-electron chi connectivity index (χ3n) is 1.95. The van der Waals surface area contributed by atoms with Gasteiger partial charge >= 0.3 is 0 Å². The minimum atomic E-state index is -0.0370. The second-order valence-corrected chi connectivity index (χ2v) is 3.78. The fourth-order valence-electron chi connectivity index (χ4n) is 1.17. The van der Waals surface area contributed by atoms with Crippen LogP contribution in [0.25, 0.3) is 0 Å². The lowest BCUT2D eigenvalue weighted by Gasteiger charge is -2.09. The summed E-state index contributed by atoms with van der Waals surface area (Å²) in [7, 11) is 0. The molecule has 0 saturated carbocycles. The Balaban J connectivity index is 0.000000331. The van der Waals surface area contributed by atoms with Crippen molar-refractivity contribution >= 4 is 23.6 Å². The molecule has 0 bridgehead atoms. The van der Waals surface area contributed by atoms with Crippen molar-refractivity contribution in [3.05, 3.63) is 28.8 Å². The van der Waals surface area contributed by atoms with Gasteiger partial charge in [-0.1, -0.05) is 11.6 Å². The fraction of sp³-hybridized carbons (Fsp3) is 0.462. The summed E-state index contributed by atoms with van der Waals surface area (Å²) < 4.78 is 10.1. The highest BCUT2D eigenvalue weighted by atomic mass is 35.5. The number of benzene rings is 1. The number of hydrogen-bond acceptors (Lipinski definition) is 4. The van der Waals surface area contributed by atoms with E-state index in [1.807, 2.05) is 20.8 Å². The zero-order valence-corrected chi connectivity index (χ0v) is 11.7. The number of halogens is 1. The van der Waals surface area contributed by atoms with E-state index < -0.39 is 0 Å². The lowest BCUT2D eigenvalue weighted by Crippen LogP contribution is -2.11. The third-order valence-corrected chi connectivity index (χ3v) is 2.29. The zero-order chi connectivity index (χ0) is 14.0. The Morgan fingerprint density at radius 3 is 2.28 bits per heavy atom. The maximum Gasteiger partial charge on any atom is 0.154 e. The normalized spacial score (nSPS) is 9.83. The van der Waals surface area contributed by atoms with Crippen LogP contribution in [0.2, 0.25) is 5.02 Å². The minimum absolute atomic E-state index is 0.0370. The number of nitrogens with two attached hydrogens (primary N) is 1. The molecule has 0 unspecified atom stereocenters. The van der Waals surface area contributed by atoms with E-state index in [9.17, 15) is 4.79 Å². The Morgan fingerprint density at radius 2 is 1.89 bits per heavy atom. The summed E-state index contributed by atoms with van der Waals surface area (Å²) in [6.07, 6.45) is 0.642. The molecule has 18 heavy (non-hydrogen) atoms. The first-order valence-corrected chi connectivity index (χ1v) is 6.16. The second kappa shape index (κ2) is 9.88. The molecule has 0 heterocycles. The molecule has 0 aliphatic rings. The van der Waals surface area contributed by atoms with Crippen molar-refractivity contribution in [2.45, 2.75) is 27.1 Å². The van der Waals surface area contributed by atoms with Crippen LogP contribution in [0.3, 0.4) is 0 Å². The van der Waals surface area contributed by atoms with Gasteiger partial charge in [0.05, 0.1) is 5.02 Å². The first kappa shape index (κ1) is 16.9. The second-order valence-electron chi connectivity index (χ2n) is 3.38. The van der Waals surface area contributed by atoms with Crippen molar-refractivity contribution in [2.75, 3.05) is 18.9 Å². The highest BCUT2D eigenvalue weighted by molar-refractivity contribution is 6.33. The molecule has 2 N–H and O–H groups in total. The Labute approximate surface area is 113 Å². The van der Waals surface area contributed by atoms with E-state index in [4.69, 9.17) is 26.8 Å². The lowest BCUT2D eigenvalue weighted by atomic mass is 10.2. The first-order chi connectivity index (χ1) is 8.54. The van der Waals surface area contributed by atoms with Gasteiger partial charge in [-0.05, 0) is 39.0 Å². The van der Waals surface area contributed by atoms with Gasteiger partial charge in [-0.2, -0.15) is 0 Å². The topological polar surface area (TPSA) is 61.6 Å². The summed E-state index contributed by atoms with van der Waals surface area (Å²) in [5, 5.41) is 0.434. The molecule has 0 atom stereocenters. The van der Waals surface area contributed by atoms with E-state index in [1.165, 1.54) is 6.07 Å². The predicted molar refractivity (Wildman–Crippen MR) is 74.0 cm³/mol. The standard InChI is InChI=1S/C7H6ClNO.C6H14O2/c8-7-2-1-6(9)3-5(7)4-10;1-4-7-6(3)8-5-2/h1-4H,9H2;6H,4-5H2,1-3H3. The monoisotopic (exact) mass is 273 g/mol. The smallest absolute Gasteiger partial charge is 0.154 e. The summed E-state index contributed by atoms with van der Waals surface area (Å²) in [5.74, 6) is 0. The molecule has 0 aliphatic carbocycles. The van der Waals surface area contributed by atoms with Gasteiger partial charge in [-0.25, -0.2) is 0 Å². The van der Waals surface area contributed by atoms with Gasteiger partial charge < -0.3 is 15.2 Å². The Bertz CT molecular complexity index is 352. The molecule has 1 rings (SSSR count). The van der Waals surface area contributed by atoms with Gasteiger partial charge in [-0.15, -0.1) is 0 Å². The first-order valence-electron chi connectivity index (χ1n) is 5.78. The highest BCUT2D eigenvalue weighted by Gasteiger charge is 1.96. The quantitative estimate of drug-likeness (QED) is 0.509. The van der Waals surface area contributed by atoms with Crippen LogP contribution in [0.15, 0.2) is 18.2 Å². The maximum atomic E-state index is 10.2. The van der Waals surface area contributed by atoms with Gasteiger partial charge in [0, 0.05) is 24.5 Å². The molecule has 0 aromatic heterocycles. The van der Waals surface area contributed by atoms with Gasteiger partial charge in [0.1, 0.15) is 0 Å². The molecule has 4 nitrogen and oxygen atoms in total. The number of anilines is 1. The molecule has 0 aliphatic heterocycles. The van der Waals surface area contributed by atoms with Crippen molar-refractivity contribution in [1.82, 2.24) is 0 Å². The van der Waals surface area contributed by atoms with Crippen molar-refractivity contribution in [1.29, 1.82) is 0 Å². The number of carbonyl (C=O) groups is 1. The van der Waals surface area contributed by atoms with Gasteiger partial charge in [0.15, 0.2) is 12.6 Å². The zero-order valence-electron chi connectivity index (χ0n) is 11.0. The summed E-state index contributed by atoms with van der Waals surface area (Å²) in [6.45, 7) is 7.25. The van der Waals surface area contributed by atoms with E-state index in [2.05, 4.69) is 0 Å². The van der Waals surface area contributed by atoms with Gasteiger partial charge in [0.25, 0.3) is 0 Å². The fourth-order valence-corrected chi connectivity index (χ4v) is 1.33. The Morgan fingerprint density at radius 1 is 1.33 bits per heavy atom. The number of nitrogen functional groups attached to an aromatic ring is 1. The van der Waals surface area contributed by atoms with Crippen LogP contribution in [-0.2, 0) is 9.47 Å². The van der Waals surface area contributed by atoms with Gasteiger partial charge in [0.2, 0.25) is 0 Å². The Kier molecular flexibility index (Phi) is 9.28. The van der Waals surface area contributed by atoms with E-state index in [1.54, 1.807) is 12.1 Å². The SMILES string of the molecule is CCOC(C)OCC.Nc1ccc(Cl)c(C=O)c1. The predicted octanol–water partition coefficient (Wildman–Crippen LogP) is 3.14. The van der Waals surface area contributed by atoms with Crippen molar-refractivity contribution in [3.8, 4) is 0 Å². The van der Waals surface area contributed by atoms with Crippen LogP contribution in [0.4, 0.5) is 5.69 Å². The van der Waals surface area contributed by atoms with Crippen LogP contribution < -0.4 is 5.73 Å². The van der Waals surface area contributed by atoms with Crippen LogP contribution >= 0.6 is 11.6 Å². The van der Waals surface area contributed by atoms with Crippen molar-refractivity contribution in [2.24, 2.45) is 0 Å². The number of hydrogen-bond donors (Lipinski definition) is 1. The summed E-state index contributed by atoms with van der Waals surface area (Å²) >= 11 is 5.61. The van der Waals surface area contributed by atoms with E-state index >= 15 is 0 Å². The molecule has 0 spiro atoms. The molecule has 5 heteroatoms. The summed E-state index contributed by atoms with van der Waals surface area (Å²) in [5.41, 5.74) is 6.37. The largest absolute Gasteiger partial charge is 0.399 e. The maximum absolute atomic E-state index is 10.2. The van der Waals surface area contributed by atoms with Crippen LogP contribution in [0.5, 0.6) is 0 Å². The van der Waals surface area contributed by atoms with E-state index in [-0.39, 0.29) is 6.29 Å². The number of rotatable bonds is 5. The molecule has 1 aromatic carbocycles.